The van der Waals surface area contributed by atoms with Gasteiger partial charge in [0.1, 0.15) is 5.54 Å². The third kappa shape index (κ3) is 3.55. The second-order valence-electron chi connectivity index (χ2n) is 6.62. The van der Waals surface area contributed by atoms with E-state index in [1.807, 2.05) is 38.1 Å². The van der Waals surface area contributed by atoms with Gasteiger partial charge in [0.05, 0.1) is 6.07 Å². The summed E-state index contributed by atoms with van der Waals surface area (Å²) in [4.78, 5) is 11.3. The molecule has 112 valence electrons. The number of carbonyl (C=O) groups excluding carboxylic acids is 1. The fourth-order valence-corrected chi connectivity index (χ4v) is 2.41. The Hall–Kier alpha value is -2.02. The van der Waals surface area contributed by atoms with E-state index < -0.39 is 5.41 Å². The molecule has 0 spiro atoms. The molecule has 3 N–H and O–H groups in total. The maximum Gasteiger partial charge on any atom is 0.223 e. The molecule has 1 aliphatic rings. The summed E-state index contributed by atoms with van der Waals surface area (Å²) in [6.07, 6.45) is 4.49. The molecule has 1 fully saturated rings. The van der Waals surface area contributed by atoms with Crippen molar-refractivity contribution in [2.45, 2.75) is 51.5 Å². The van der Waals surface area contributed by atoms with Crippen molar-refractivity contribution in [3.8, 4) is 6.07 Å². The lowest BCUT2D eigenvalue weighted by molar-refractivity contribution is -0.126. The molecule has 21 heavy (non-hydrogen) atoms. The molecular formula is C17H23N3O. The number of nitrogens with one attached hydrogen (secondary N) is 1. The van der Waals surface area contributed by atoms with Crippen LogP contribution < -0.4 is 11.1 Å². The van der Waals surface area contributed by atoms with Crippen molar-refractivity contribution in [2.24, 2.45) is 11.1 Å². The highest BCUT2D eigenvalue weighted by atomic mass is 16.1. The zero-order chi connectivity index (χ0) is 15.5. The molecule has 4 nitrogen and oxygen atoms in total. The van der Waals surface area contributed by atoms with Crippen molar-refractivity contribution in [1.29, 1.82) is 5.26 Å². The summed E-state index contributed by atoms with van der Waals surface area (Å²) in [6.45, 7) is 3.75. The molecule has 1 aliphatic carbocycles. The highest BCUT2D eigenvalue weighted by molar-refractivity contribution is 5.79. The molecule has 0 bridgehead atoms. The van der Waals surface area contributed by atoms with Gasteiger partial charge in [-0.15, -0.1) is 0 Å². The van der Waals surface area contributed by atoms with E-state index in [2.05, 4.69) is 11.4 Å². The third-order valence-corrected chi connectivity index (χ3v) is 4.46. The van der Waals surface area contributed by atoms with E-state index in [9.17, 15) is 10.1 Å². The average Bonchev–Trinajstić information content (AvgIpc) is 2.42. The predicted molar refractivity (Wildman–Crippen MR) is 83.6 cm³/mol. The molecule has 0 atom stereocenters. The minimum atomic E-state index is -0.478. The quantitative estimate of drug-likeness (QED) is 0.843. The molecule has 4 heteroatoms. The monoisotopic (exact) mass is 285 g/mol. The van der Waals surface area contributed by atoms with Gasteiger partial charge in [0.15, 0.2) is 0 Å². The summed E-state index contributed by atoms with van der Waals surface area (Å²) in [5.74, 6) is -0.262. The van der Waals surface area contributed by atoms with Gasteiger partial charge in [0.25, 0.3) is 0 Å². The van der Waals surface area contributed by atoms with Gasteiger partial charge >= 0.3 is 0 Å². The number of primary amides is 1. The van der Waals surface area contributed by atoms with Crippen LogP contribution in [0.3, 0.4) is 0 Å². The zero-order valence-corrected chi connectivity index (χ0v) is 12.8. The van der Waals surface area contributed by atoms with E-state index in [1.54, 1.807) is 0 Å². The Morgan fingerprint density at radius 1 is 1.38 bits per heavy atom. The van der Waals surface area contributed by atoms with Gasteiger partial charge in [0, 0.05) is 11.1 Å². The van der Waals surface area contributed by atoms with Crippen LogP contribution in [0.1, 0.15) is 45.1 Å². The van der Waals surface area contributed by atoms with Gasteiger partial charge in [-0.1, -0.05) is 26.0 Å². The average molecular weight is 285 g/mol. The van der Waals surface area contributed by atoms with Crippen molar-refractivity contribution in [1.82, 2.24) is 0 Å². The van der Waals surface area contributed by atoms with Crippen molar-refractivity contribution in [3.63, 3.8) is 0 Å². The molecule has 0 radical (unpaired) electrons. The van der Waals surface area contributed by atoms with E-state index in [4.69, 9.17) is 5.73 Å². The molecule has 1 amide bonds. The lowest BCUT2D eigenvalue weighted by Crippen LogP contribution is -2.43. The first-order valence-corrected chi connectivity index (χ1v) is 7.45. The number of hydrogen-bond acceptors (Lipinski definition) is 3. The highest BCUT2D eigenvalue weighted by Gasteiger charge is 2.36. The number of nitrogens with two attached hydrogens (primary N) is 1. The summed E-state index contributed by atoms with van der Waals surface area (Å²) in [5, 5.41) is 12.5. The first kappa shape index (κ1) is 15.4. The summed E-state index contributed by atoms with van der Waals surface area (Å²) in [7, 11) is 0. The number of amides is 1. The summed E-state index contributed by atoms with van der Waals surface area (Å²) in [6, 6.07) is 10.5. The Kier molecular flexibility index (Phi) is 4.22. The molecule has 0 unspecified atom stereocenters. The lowest BCUT2D eigenvalue weighted by Gasteiger charge is -2.36. The number of benzene rings is 1. The van der Waals surface area contributed by atoms with Gasteiger partial charge in [-0.25, -0.2) is 0 Å². The Morgan fingerprint density at radius 3 is 2.43 bits per heavy atom. The highest BCUT2D eigenvalue weighted by Crippen LogP contribution is 2.34. The number of carbonyl (C=O) groups is 1. The van der Waals surface area contributed by atoms with Gasteiger partial charge in [-0.2, -0.15) is 5.26 Å². The third-order valence-electron chi connectivity index (χ3n) is 4.46. The van der Waals surface area contributed by atoms with Crippen LogP contribution in [0, 0.1) is 16.7 Å². The van der Waals surface area contributed by atoms with Crippen molar-refractivity contribution in [3.05, 3.63) is 29.8 Å². The van der Waals surface area contributed by atoms with Crippen LogP contribution in [0.25, 0.3) is 0 Å². The topological polar surface area (TPSA) is 78.9 Å². The van der Waals surface area contributed by atoms with Crippen LogP contribution in [0.5, 0.6) is 0 Å². The fourth-order valence-electron chi connectivity index (χ4n) is 2.41. The summed E-state index contributed by atoms with van der Waals surface area (Å²) >= 11 is 0. The number of anilines is 1. The van der Waals surface area contributed by atoms with E-state index in [0.717, 1.165) is 37.8 Å². The van der Waals surface area contributed by atoms with Crippen LogP contribution >= 0.6 is 0 Å². The fraction of sp³-hybridized carbons (Fsp3) is 0.529. The molecule has 0 heterocycles. The maximum atomic E-state index is 11.3. The van der Waals surface area contributed by atoms with E-state index in [0.29, 0.717) is 0 Å². The number of nitrogens with zero attached hydrogens (tertiary/aromatic N) is 1. The number of rotatable bonds is 6. The second kappa shape index (κ2) is 5.77. The summed E-state index contributed by atoms with van der Waals surface area (Å²) < 4.78 is 0. The van der Waals surface area contributed by atoms with Gasteiger partial charge in [0.2, 0.25) is 5.91 Å². The normalized spacial score (nSPS) is 16.6. The molecular weight excluding hydrogens is 262 g/mol. The molecule has 0 aliphatic heterocycles. The van der Waals surface area contributed by atoms with Gasteiger partial charge in [-0.05, 0) is 49.8 Å². The Labute approximate surface area is 126 Å². The van der Waals surface area contributed by atoms with E-state index in [-0.39, 0.29) is 11.4 Å². The Bertz CT molecular complexity index is 550. The van der Waals surface area contributed by atoms with Crippen LogP contribution in [0.4, 0.5) is 5.69 Å². The van der Waals surface area contributed by atoms with Crippen LogP contribution in [0.15, 0.2) is 24.3 Å². The SMILES string of the molecule is CC(C)(CCc1ccc(NC2(C#N)CCC2)cc1)C(N)=O. The Balaban J connectivity index is 1.94. The van der Waals surface area contributed by atoms with Crippen LogP contribution in [-0.2, 0) is 11.2 Å². The predicted octanol–water partition coefficient (Wildman–Crippen LogP) is 2.99. The number of nitriles is 1. The molecule has 1 aromatic rings. The standard InChI is InChI=1S/C17H23N3O/c1-16(2,15(19)21)11-8-13-4-6-14(7-5-13)20-17(12-18)9-3-10-17/h4-7,20H,3,8-11H2,1-2H3,(H2,19,21). The van der Waals surface area contributed by atoms with Crippen LogP contribution in [-0.4, -0.2) is 11.4 Å². The van der Waals surface area contributed by atoms with E-state index >= 15 is 0 Å². The van der Waals surface area contributed by atoms with Crippen molar-refractivity contribution >= 4 is 11.6 Å². The van der Waals surface area contributed by atoms with Crippen molar-refractivity contribution in [2.75, 3.05) is 5.32 Å². The minimum Gasteiger partial charge on any atom is -0.369 e. The first-order chi connectivity index (χ1) is 9.87. The minimum absolute atomic E-state index is 0.262. The van der Waals surface area contributed by atoms with Crippen LogP contribution in [0.2, 0.25) is 0 Å². The molecule has 0 aromatic heterocycles. The van der Waals surface area contributed by atoms with Crippen molar-refractivity contribution < 1.29 is 4.79 Å². The van der Waals surface area contributed by atoms with Gasteiger partial charge in [-0.3, -0.25) is 4.79 Å². The zero-order valence-electron chi connectivity index (χ0n) is 12.8. The van der Waals surface area contributed by atoms with Gasteiger partial charge < -0.3 is 11.1 Å². The Morgan fingerprint density at radius 2 is 2.00 bits per heavy atom. The smallest absolute Gasteiger partial charge is 0.223 e. The maximum absolute atomic E-state index is 11.3. The molecule has 0 saturated heterocycles. The number of hydrogen-bond donors (Lipinski definition) is 2. The lowest BCUT2D eigenvalue weighted by atomic mass is 9.78. The molecule has 1 aromatic carbocycles. The first-order valence-electron chi connectivity index (χ1n) is 7.45. The molecule has 1 saturated carbocycles. The molecule has 2 rings (SSSR count). The summed E-state index contributed by atoms with van der Waals surface area (Å²) in [5.41, 5.74) is 6.70. The van der Waals surface area contributed by atoms with E-state index in [1.165, 1.54) is 5.56 Å². The second-order valence-corrected chi connectivity index (χ2v) is 6.62. The largest absolute Gasteiger partial charge is 0.369 e. The number of aryl methyl sites for hydroxylation is 1.